The molecule has 1 amide bonds. The smallest absolute Gasteiger partial charge is 0.275 e. The van der Waals surface area contributed by atoms with Crippen molar-refractivity contribution in [1.82, 2.24) is 30.0 Å². The van der Waals surface area contributed by atoms with Crippen LogP contribution in [0.5, 0.6) is 0 Å². The van der Waals surface area contributed by atoms with E-state index in [-0.39, 0.29) is 5.91 Å². The monoisotopic (exact) mass is 476 g/mol. The zero-order valence-corrected chi connectivity index (χ0v) is 20.2. The molecule has 0 aliphatic carbocycles. The van der Waals surface area contributed by atoms with Gasteiger partial charge in [-0.05, 0) is 37.2 Å². The fraction of sp³-hybridized carbons (Fsp3) is 0.333. The number of carbonyl (C=O) groups is 1. The Morgan fingerprint density at radius 2 is 1.94 bits per heavy atom. The fourth-order valence-corrected chi connectivity index (χ4v) is 4.95. The summed E-state index contributed by atoms with van der Waals surface area (Å²) < 4.78 is 0. The fourth-order valence-electron chi connectivity index (χ4n) is 4.01. The minimum Gasteiger partial charge on any atom is -0.336 e. The van der Waals surface area contributed by atoms with Gasteiger partial charge >= 0.3 is 0 Å². The predicted octanol–water partition coefficient (Wildman–Crippen LogP) is 3.72. The Bertz CT molecular complexity index is 1270. The van der Waals surface area contributed by atoms with Gasteiger partial charge in [0.2, 0.25) is 0 Å². The first-order valence-corrected chi connectivity index (χ1v) is 12.3. The third-order valence-electron chi connectivity index (χ3n) is 6.06. The van der Waals surface area contributed by atoms with E-state index in [9.17, 15) is 4.79 Å². The minimum absolute atomic E-state index is 0.267. The second kappa shape index (κ2) is 9.88. The molecule has 0 bridgehead atoms. The summed E-state index contributed by atoms with van der Waals surface area (Å²) in [4.78, 5) is 28.7. The van der Waals surface area contributed by atoms with Gasteiger partial charge in [-0.2, -0.15) is 5.10 Å². The van der Waals surface area contributed by atoms with Crippen LogP contribution in [0.2, 0.25) is 0 Å². The summed E-state index contributed by atoms with van der Waals surface area (Å²) in [5.41, 5.74) is 2.89. The normalized spacial score (nSPS) is 15.0. The van der Waals surface area contributed by atoms with E-state index < -0.39 is 0 Å². The third kappa shape index (κ3) is 4.93. The van der Waals surface area contributed by atoms with Crippen molar-refractivity contribution in [3.8, 4) is 0 Å². The summed E-state index contributed by atoms with van der Waals surface area (Å²) >= 11 is 1.65. The molecule has 0 saturated carbocycles. The first-order chi connectivity index (χ1) is 16.6. The van der Waals surface area contributed by atoms with Crippen LogP contribution in [-0.4, -0.2) is 69.1 Å². The zero-order chi connectivity index (χ0) is 23.5. The minimum atomic E-state index is -0.267. The van der Waals surface area contributed by atoms with Crippen LogP contribution >= 0.6 is 11.3 Å². The Kier molecular flexibility index (Phi) is 6.52. The number of H-pyrrole nitrogens is 1. The number of likely N-dealkylation sites (N-methyl/N-ethyl adjacent to an activating group) is 1. The van der Waals surface area contributed by atoms with Crippen LogP contribution in [0.15, 0.2) is 42.9 Å². The number of aromatic nitrogens is 4. The number of piperazine rings is 1. The van der Waals surface area contributed by atoms with Gasteiger partial charge in [0.25, 0.3) is 5.91 Å². The summed E-state index contributed by atoms with van der Waals surface area (Å²) in [7, 11) is 2.16. The first kappa shape index (κ1) is 22.5. The number of rotatable bonds is 7. The number of aromatic amines is 1. The maximum atomic E-state index is 13.0. The highest BCUT2D eigenvalue weighted by molar-refractivity contribution is 7.18. The largest absolute Gasteiger partial charge is 0.336 e. The van der Waals surface area contributed by atoms with E-state index in [0.717, 1.165) is 55.0 Å². The van der Waals surface area contributed by atoms with Crippen LogP contribution in [0.3, 0.4) is 0 Å². The Morgan fingerprint density at radius 3 is 2.71 bits per heavy atom. The number of hydrogen-bond donors (Lipinski definition) is 3. The molecular weight excluding hydrogens is 448 g/mol. The first-order valence-electron chi connectivity index (χ1n) is 11.4. The van der Waals surface area contributed by atoms with Gasteiger partial charge in [0.1, 0.15) is 22.7 Å². The quantitative estimate of drug-likeness (QED) is 0.374. The van der Waals surface area contributed by atoms with E-state index in [1.165, 1.54) is 16.8 Å². The summed E-state index contributed by atoms with van der Waals surface area (Å²) in [6.07, 6.45) is 4.06. The summed E-state index contributed by atoms with van der Waals surface area (Å²) in [6.45, 7) is 7.39. The molecule has 0 atom stereocenters. The van der Waals surface area contributed by atoms with Gasteiger partial charge in [-0.15, -0.1) is 11.3 Å². The number of fused-ring (bicyclic) bond motifs is 1. The second-order valence-corrected chi connectivity index (χ2v) is 9.64. The molecule has 1 aliphatic rings. The van der Waals surface area contributed by atoms with Crippen molar-refractivity contribution in [2.75, 3.05) is 43.9 Å². The molecule has 10 heteroatoms. The molecule has 176 valence electrons. The molecule has 1 aliphatic heterocycles. The van der Waals surface area contributed by atoms with Gasteiger partial charge in [-0.1, -0.05) is 19.1 Å². The van der Waals surface area contributed by atoms with Gasteiger partial charge < -0.3 is 15.5 Å². The number of nitrogens with one attached hydrogen (secondary N) is 3. The standard InChI is InChI=1S/C24H28N8OS/c1-3-18-12-19-22(25-15-26-24(19)34-18)29-20-13-27-30-21(20)23(33)28-17-6-4-16(5-7-17)14-32-10-8-31(2)9-11-32/h4-7,12-13,15H,3,8-11,14H2,1-2H3,(H,27,30)(H,28,33)(H,25,26,29). The molecule has 9 nitrogen and oxygen atoms in total. The van der Waals surface area contributed by atoms with Crippen molar-refractivity contribution >= 4 is 44.7 Å². The molecule has 34 heavy (non-hydrogen) atoms. The number of benzene rings is 1. The number of anilines is 3. The lowest BCUT2D eigenvalue weighted by Gasteiger charge is -2.32. The molecule has 1 aromatic carbocycles. The third-order valence-corrected chi connectivity index (χ3v) is 7.25. The van der Waals surface area contributed by atoms with E-state index in [0.29, 0.717) is 17.2 Å². The number of aryl methyl sites for hydroxylation is 1. The zero-order valence-electron chi connectivity index (χ0n) is 19.3. The van der Waals surface area contributed by atoms with Crippen molar-refractivity contribution in [2.24, 2.45) is 0 Å². The molecule has 3 aromatic heterocycles. The van der Waals surface area contributed by atoms with Crippen molar-refractivity contribution in [3.63, 3.8) is 0 Å². The molecule has 1 saturated heterocycles. The van der Waals surface area contributed by atoms with Crippen LogP contribution < -0.4 is 10.6 Å². The topological polar surface area (TPSA) is 102 Å². The molecule has 0 unspecified atom stereocenters. The van der Waals surface area contributed by atoms with E-state index in [4.69, 9.17) is 0 Å². The average molecular weight is 477 g/mol. The molecule has 0 spiro atoms. The summed E-state index contributed by atoms with van der Waals surface area (Å²) in [5.74, 6) is 0.390. The molecule has 5 rings (SSSR count). The number of nitrogens with zero attached hydrogens (tertiary/aromatic N) is 5. The lowest BCUT2D eigenvalue weighted by atomic mass is 10.1. The number of amides is 1. The Labute approximate surface area is 202 Å². The number of thiophene rings is 1. The highest BCUT2D eigenvalue weighted by Crippen LogP contribution is 2.30. The number of carbonyl (C=O) groups excluding carboxylic acids is 1. The van der Waals surface area contributed by atoms with E-state index in [1.807, 2.05) is 12.1 Å². The van der Waals surface area contributed by atoms with Crippen LogP contribution in [0.1, 0.15) is 27.9 Å². The van der Waals surface area contributed by atoms with Crippen LogP contribution in [0.4, 0.5) is 17.2 Å². The van der Waals surface area contributed by atoms with E-state index in [2.05, 4.69) is 72.8 Å². The van der Waals surface area contributed by atoms with Crippen molar-refractivity contribution < 1.29 is 4.79 Å². The van der Waals surface area contributed by atoms with Gasteiger partial charge in [-0.25, -0.2) is 9.97 Å². The Morgan fingerprint density at radius 1 is 1.15 bits per heavy atom. The van der Waals surface area contributed by atoms with E-state index >= 15 is 0 Å². The molecular formula is C24H28N8OS. The summed E-state index contributed by atoms with van der Waals surface area (Å²) in [5, 5.41) is 14.0. The highest BCUT2D eigenvalue weighted by Gasteiger charge is 2.17. The van der Waals surface area contributed by atoms with E-state index in [1.54, 1.807) is 17.5 Å². The van der Waals surface area contributed by atoms with Crippen LogP contribution in [0.25, 0.3) is 10.2 Å². The Hall–Kier alpha value is -3.34. The van der Waals surface area contributed by atoms with Crippen molar-refractivity contribution in [3.05, 3.63) is 59.0 Å². The predicted molar refractivity (Wildman–Crippen MR) is 136 cm³/mol. The number of hydrogen-bond acceptors (Lipinski definition) is 8. The molecule has 3 N–H and O–H groups in total. The lowest BCUT2D eigenvalue weighted by molar-refractivity contribution is 0.102. The Balaban J connectivity index is 1.25. The van der Waals surface area contributed by atoms with Gasteiger partial charge in [0, 0.05) is 43.3 Å². The maximum absolute atomic E-state index is 13.0. The van der Waals surface area contributed by atoms with Gasteiger partial charge in [0.05, 0.1) is 17.3 Å². The lowest BCUT2D eigenvalue weighted by Crippen LogP contribution is -2.43. The van der Waals surface area contributed by atoms with Gasteiger partial charge in [-0.3, -0.25) is 14.8 Å². The average Bonchev–Trinajstić information content (AvgIpc) is 3.49. The van der Waals surface area contributed by atoms with Crippen LogP contribution in [0, 0.1) is 0 Å². The highest BCUT2D eigenvalue weighted by atomic mass is 32.1. The second-order valence-electron chi connectivity index (χ2n) is 8.52. The molecule has 4 heterocycles. The van der Waals surface area contributed by atoms with Crippen molar-refractivity contribution in [2.45, 2.75) is 19.9 Å². The maximum Gasteiger partial charge on any atom is 0.275 e. The molecule has 1 fully saturated rings. The van der Waals surface area contributed by atoms with Gasteiger partial charge in [0.15, 0.2) is 0 Å². The van der Waals surface area contributed by atoms with Crippen molar-refractivity contribution in [1.29, 1.82) is 0 Å². The molecule has 0 radical (unpaired) electrons. The van der Waals surface area contributed by atoms with Crippen LogP contribution in [-0.2, 0) is 13.0 Å². The SMILES string of the molecule is CCc1cc2c(Nc3cn[nH]c3C(=O)Nc3ccc(CN4CCN(C)CC4)cc3)ncnc2s1. The molecule has 4 aromatic rings. The summed E-state index contributed by atoms with van der Waals surface area (Å²) in [6, 6.07) is 10.1.